The summed E-state index contributed by atoms with van der Waals surface area (Å²) in [6, 6.07) is 12.4. The zero-order valence-electron chi connectivity index (χ0n) is 22.2. The van der Waals surface area contributed by atoms with Crippen molar-refractivity contribution in [2.75, 3.05) is 17.6 Å². The number of nitrogens with zero attached hydrogens (tertiary/aromatic N) is 3. The van der Waals surface area contributed by atoms with Crippen LogP contribution >= 0.6 is 0 Å². The molecule has 2 aromatic heterocycles. The third-order valence-corrected chi connectivity index (χ3v) is 6.76. The standard InChI is InChI=1S/C30H25F3N6O2/c1-17-6-9-21(14-23(17)30(31,32)33)37-26(40)13-19-5-3-4-18(12-19)7-8-20-16-36-29(34)38-27(20)25-15-22-24(39(25)2)10-11-35-28(22)41/h3-6,9,12,14-16H,10-11,13H2,1-2H3,(H,35,41)(H,37,40)(H2,34,36,38). The van der Waals surface area contributed by atoms with Crippen molar-refractivity contribution in [3.05, 3.63) is 93.8 Å². The monoisotopic (exact) mass is 558 g/mol. The van der Waals surface area contributed by atoms with Gasteiger partial charge in [-0.1, -0.05) is 30.0 Å². The van der Waals surface area contributed by atoms with Gasteiger partial charge >= 0.3 is 6.18 Å². The molecule has 2 amide bonds. The maximum absolute atomic E-state index is 13.2. The summed E-state index contributed by atoms with van der Waals surface area (Å²) in [6.07, 6.45) is -2.36. The van der Waals surface area contributed by atoms with E-state index in [0.29, 0.717) is 46.6 Å². The second-order valence-corrected chi connectivity index (χ2v) is 9.65. The average Bonchev–Trinajstić information content (AvgIpc) is 3.26. The maximum atomic E-state index is 13.2. The van der Waals surface area contributed by atoms with Crippen molar-refractivity contribution in [3.63, 3.8) is 0 Å². The Morgan fingerprint density at radius 3 is 2.73 bits per heavy atom. The smallest absolute Gasteiger partial charge is 0.368 e. The molecule has 3 heterocycles. The molecule has 0 atom stereocenters. The SMILES string of the molecule is Cc1ccc(NC(=O)Cc2cccc(C#Cc3cnc(N)nc3-c3cc4c(n3C)CCNC4=O)c2)cc1C(F)(F)F. The largest absolute Gasteiger partial charge is 0.416 e. The van der Waals surface area contributed by atoms with Crippen molar-refractivity contribution in [2.45, 2.75) is 25.9 Å². The van der Waals surface area contributed by atoms with Gasteiger partial charge in [0.1, 0.15) is 5.69 Å². The number of carbonyl (C=O) groups is 2. The number of carbonyl (C=O) groups excluding carboxylic acids is 2. The summed E-state index contributed by atoms with van der Waals surface area (Å²) in [5.41, 5.74) is 9.61. The van der Waals surface area contributed by atoms with E-state index in [1.807, 2.05) is 11.6 Å². The molecular formula is C30H25F3N6O2. The summed E-state index contributed by atoms with van der Waals surface area (Å²) in [7, 11) is 1.86. The number of anilines is 2. The molecule has 11 heteroatoms. The van der Waals surface area contributed by atoms with E-state index >= 15 is 0 Å². The molecule has 0 spiro atoms. The maximum Gasteiger partial charge on any atom is 0.416 e. The topological polar surface area (TPSA) is 115 Å². The second-order valence-electron chi connectivity index (χ2n) is 9.65. The normalized spacial score (nSPS) is 12.7. The Morgan fingerprint density at radius 1 is 1.17 bits per heavy atom. The van der Waals surface area contributed by atoms with E-state index in [1.54, 1.807) is 30.3 Å². The molecule has 0 saturated carbocycles. The zero-order valence-corrected chi connectivity index (χ0v) is 22.2. The molecule has 1 aliphatic rings. The van der Waals surface area contributed by atoms with Crippen LogP contribution in [0.2, 0.25) is 0 Å². The highest BCUT2D eigenvalue weighted by Crippen LogP contribution is 2.33. The molecule has 0 bridgehead atoms. The van der Waals surface area contributed by atoms with E-state index in [2.05, 4.69) is 32.4 Å². The molecule has 1 aliphatic heterocycles. The predicted octanol–water partition coefficient (Wildman–Crippen LogP) is 4.26. The summed E-state index contributed by atoms with van der Waals surface area (Å²) in [5, 5.41) is 5.37. The van der Waals surface area contributed by atoms with Crippen LogP contribution in [0.4, 0.5) is 24.8 Å². The first kappa shape index (κ1) is 27.5. The molecule has 2 aromatic carbocycles. The number of alkyl halides is 3. The summed E-state index contributed by atoms with van der Waals surface area (Å²) in [4.78, 5) is 33.4. The minimum atomic E-state index is -4.51. The summed E-state index contributed by atoms with van der Waals surface area (Å²) in [6.45, 7) is 1.92. The van der Waals surface area contributed by atoms with Crippen LogP contribution < -0.4 is 16.4 Å². The number of hydrogen-bond donors (Lipinski definition) is 3. The van der Waals surface area contributed by atoms with Crippen LogP contribution in [-0.4, -0.2) is 32.9 Å². The molecule has 0 unspecified atom stereocenters. The average molecular weight is 559 g/mol. The van der Waals surface area contributed by atoms with Crippen molar-refractivity contribution in [1.29, 1.82) is 0 Å². The molecule has 0 fully saturated rings. The first-order chi connectivity index (χ1) is 19.5. The zero-order chi connectivity index (χ0) is 29.3. The van der Waals surface area contributed by atoms with Crippen molar-refractivity contribution >= 4 is 23.5 Å². The Labute approximate surface area is 233 Å². The number of amides is 2. The number of aryl methyl sites for hydroxylation is 1. The minimum Gasteiger partial charge on any atom is -0.368 e. The van der Waals surface area contributed by atoms with Gasteiger partial charge in [0.25, 0.3) is 5.91 Å². The van der Waals surface area contributed by atoms with Gasteiger partial charge in [-0.05, 0) is 48.4 Å². The van der Waals surface area contributed by atoms with Crippen LogP contribution in [-0.2, 0) is 30.9 Å². The number of nitrogens with one attached hydrogen (secondary N) is 2. The minimum absolute atomic E-state index is 0.0576. The van der Waals surface area contributed by atoms with E-state index in [9.17, 15) is 22.8 Å². The lowest BCUT2D eigenvalue weighted by molar-refractivity contribution is -0.138. The molecule has 4 aromatic rings. The lowest BCUT2D eigenvalue weighted by Crippen LogP contribution is -2.31. The highest BCUT2D eigenvalue weighted by molar-refractivity contribution is 5.98. The molecule has 41 heavy (non-hydrogen) atoms. The van der Waals surface area contributed by atoms with Crippen LogP contribution in [0.3, 0.4) is 0 Å². The quantitative estimate of drug-likeness (QED) is 0.324. The molecule has 0 radical (unpaired) electrons. The number of aromatic nitrogens is 3. The number of rotatable bonds is 4. The van der Waals surface area contributed by atoms with Gasteiger partial charge in [-0.2, -0.15) is 13.2 Å². The van der Waals surface area contributed by atoms with E-state index in [0.717, 1.165) is 11.8 Å². The fourth-order valence-electron chi connectivity index (χ4n) is 4.74. The highest BCUT2D eigenvalue weighted by atomic mass is 19.4. The number of nitrogen functional groups attached to an aromatic ring is 1. The molecule has 0 saturated heterocycles. The van der Waals surface area contributed by atoms with Crippen molar-refractivity contribution in [1.82, 2.24) is 19.9 Å². The Balaban J connectivity index is 1.37. The van der Waals surface area contributed by atoms with Crippen LogP contribution in [0.5, 0.6) is 0 Å². The lowest BCUT2D eigenvalue weighted by atomic mass is 10.1. The van der Waals surface area contributed by atoms with Crippen LogP contribution in [0.1, 0.15) is 43.9 Å². The number of hydrogen-bond acceptors (Lipinski definition) is 5. The molecule has 4 N–H and O–H groups in total. The van der Waals surface area contributed by atoms with Gasteiger partial charge in [0.2, 0.25) is 11.9 Å². The molecular weight excluding hydrogens is 533 g/mol. The molecule has 0 aliphatic carbocycles. The molecule has 208 valence electrons. The van der Waals surface area contributed by atoms with Crippen molar-refractivity contribution in [2.24, 2.45) is 7.05 Å². The number of nitrogens with two attached hydrogens (primary N) is 1. The van der Waals surface area contributed by atoms with E-state index in [4.69, 9.17) is 5.73 Å². The Kier molecular flexibility index (Phi) is 7.24. The Morgan fingerprint density at radius 2 is 1.98 bits per heavy atom. The Bertz CT molecular complexity index is 1750. The lowest BCUT2D eigenvalue weighted by Gasteiger charge is -2.14. The summed E-state index contributed by atoms with van der Waals surface area (Å²) >= 11 is 0. The van der Waals surface area contributed by atoms with E-state index in [1.165, 1.54) is 25.3 Å². The highest BCUT2D eigenvalue weighted by Gasteiger charge is 2.32. The van der Waals surface area contributed by atoms with Gasteiger partial charge < -0.3 is 20.9 Å². The predicted molar refractivity (Wildman–Crippen MR) is 148 cm³/mol. The summed E-state index contributed by atoms with van der Waals surface area (Å²) in [5.74, 6) is 5.59. The van der Waals surface area contributed by atoms with Gasteiger partial charge in [-0.15, -0.1) is 0 Å². The van der Waals surface area contributed by atoms with Crippen molar-refractivity contribution in [3.8, 4) is 23.2 Å². The van der Waals surface area contributed by atoms with Gasteiger partial charge in [0.15, 0.2) is 0 Å². The number of halogens is 3. The second kappa shape index (κ2) is 10.8. The van der Waals surface area contributed by atoms with Gasteiger partial charge in [-0.25, -0.2) is 9.97 Å². The molecule has 5 rings (SSSR count). The number of fused-ring (bicyclic) bond motifs is 1. The first-order valence-electron chi connectivity index (χ1n) is 12.7. The summed E-state index contributed by atoms with van der Waals surface area (Å²) < 4.78 is 41.6. The van der Waals surface area contributed by atoms with Gasteiger partial charge in [0.05, 0.1) is 28.8 Å². The first-order valence-corrected chi connectivity index (χ1v) is 12.7. The van der Waals surface area contributed by atoms with Gasteiger partial charge in [0, 0.05) is 43.2 Å². The third-order valence-electron chi connectivity index (χ3n) is 6.76. The third kappa shape index (κ3) is 5.91. The van der Waals surface area contributed by atoms with Crippen LogP contribution in [0.15, 0.2) is 54.7 Å². The fraction of sp³-hybridized carbons (Fsp3) is 0.200. The van der Waals surface area contributed by atoms with E-state index < -0.39 is 17.6 Å². The fourth-order valence-corrected chi connectivity index (χ4v) is 4.74. The van der Waals surface area contributed by atoms with Crippen molar-refractivity contribution < 1.29 is 22.8 Å². The molecule has 8 nitrogen and oxygen atoms in total. The number of benzene rings is 2. The van der Waals surface area contributed by atoms with Crippen LogP contribution in [0, 0.1) is 18.8 Å². The van der Waals surface area contributed by atoms with Gasteiger partial charge in [-0.3, -0.25) is 9.59 Å². The van der Waals surface area contributed by atoms with Crippen LogP contribution in [0.25, 0.3) is 11.4 Å². The van der Waals surface area contributed by atoms with E-state index in [-0.39, 0.29) is 29.5 Å². The Hall–Kier alpha value is -5.11.